The van der Waals surface area contributed by atoms with Gasteiger partial charge in [0, 0.05) is 24.9 Å². The largest absolute Gasteiger partial charge is 0.326 e. The molecule has 0 spiro atoms. The average Bonchev–Trinajstić information content (AvgIpc) is 2.83. The van der Waals surface area contributed by atoms with Gasteiger partial charge in [-0.25, -0.2) is 14.1 Å². The Morgan fingerprint density at radius 2 is 2.05 bits per heavy atom. The molecule has 0 unspecified atom stereocenters. The molecule has 0 aliphatic rings. The number of aryl methyl sites for hydroxylation is 2. The van der Waals surface area contributed by atoms with Crippen LogP contribution in [-0.2, 0) is 25.9 Å². The molecule has 0 saturated carbocycles. The highest BCUT2D eigenvalue weighted by Gasteiger charge is 2.10. The number of benzene rings is 1. The van der Waals surface area contributed by atoms with Gasteiger partial charge in [-0.1, -0.05) is 26.0 Å². The van der Waals surface area contributed by atoms with E-state index in [0.29, 0.717) is 18.7 Å². The average molecular weight is 262 g/mol. The fraction of sp³-hybridized carbons (Fsp3) is 0.429. The van der Waals surface area contributed by atoms with E-state index < -0.39 is 0 Å². The van der Waals surface area contributed by atoms with Crippen LogP contribution in [0.3, 0.4) is 0 Å². The summed E-state index contributed by atoms with van der Waals surface area (Å²) in [6.07, 6.45) is 1.57. The van der Waals surface area contributed by atoms with Gasteiger partial charge in [-0.15, -0.1) is 0 Å². The Morgan fingerprint density at radius 1 is 1.26 bits per heavy atom. The van der Waals surface area contributed by atoms with Crippen molar-refractivity contribution in [2.75, 3.05) is 0 Å². The van der Waals surface area contributed by atoms with E-state index in [1.165, 1.54) is 6.07 Å². The molecule has 1 heterocycles. The molecule has 102 valence electrons. The first-order valence-electron chi connectivity index (χ1n) is 6.57. The molecular formula is C14H19FN4. The zero-order valence-electron chi connectivity index (χ0n) is 11.4. The lowest BCUT2D eigenvalue weighted by molar-refractivity contribution is 0.571. The minimum absolute atomic E-state index is 0.237. The molecule has 5 heteroatoms. The molecular weight excluding hydrogens is 243 g/mol. The number of nitrogens with zero attached hydrogens (tertiary/aromatic N) is 3. The van der Waals surface area contributed by atoms with E-state index in [1.807, 2.05) is 19.9 Å². The van der Waals surface area contributed by atoms with Gasteiger partial charge in [0.2, 0.25) is 0 Å². The van der Waals surface area contributed by atoms with Crippen molar-refractivity contribution in [3.05, 3.63) is 46.8 Å². The van der Waals surface area contributed by atoms with Crippen molar-refractivity contribution in [3.63, 3.8) is 0 Å². The smallest absolute Gasteiger partial charge is 0.150 e. The Morgan fingerprint density at radius 3 is 2.63 bits per heavy atom. The summed E-state index contributed by atoms with van der Waals surface area (Å²) in [5, 5.41) is 4.39. The molecule has 0 aliphatic carbocycles. The van der Waals surface area contributed by atoms with Crippen molar-refractivity contribution in [1.29, 1.82) is 0 Å². The third kappa shape index (κ3) is 2.98. The molecule has 1 aromatic heterocycles. The summed E-state index contributed by atoms with van der Waals surface area (Å²) in [6, 6.07) is 5.10. The molecule has 19 heavy (non-hydrogen) atoms. The number of aromatic nitrogens is 3. The van der Waals surface area contributed by atoms with Gasteiger partial charge < -0.3 is 5.73 Å². The molecule has 1 aromatic carbocycles. The molecule has 0 amide bonds. The third-order valence-corrected chi connectivity index (χ3v) is 3.10. The van der Waals surface area contributed by atoms with E-state index in [-0.39, 0.29) is 5.82 Å². The summed E-state index contributed by atoms with van der Waals surface area (Å²) in [7, 11) is 0. The van der Waals surface area contributed by atoms with Crippen molar-refractivity contribution >= 4 is 0 Å². The Hall–Kier alpha value is -1.75. The van der Waals surface area contributed by atoms with Crippen LogP contribution in [0.1, 0.15) is 36.6 Å². The molecule has 0 fully saturated rings. The highest BCUT2D eigenvalue weighted by atomic mass is 19.1. The zero-order chi connectivity index (χ0) is 13.8. The summed E-state index contributed by atoms with van der Waals surface area (Å²) in [4.78, 5) is 4.42. The third-order valence-electron chi connectivity index (χ3n) is 3.10. The first-order chi connectivity index (χ1) is 9.17. The van der Waals surface area contributed by atoms with Gasteiger partial charge in [-0.2, -0.15) is 5.10 Å². The lowest BCUT2D eigenvalue weighted by Gasteiger charge is -2.07. The quantitative estimate of drug-likeness (QED) is 0.897. The first-order valence-corrected chi connectivity index (χ1v) is 6.57. The van der Waals surface area contributed by atoms with Crippen LogP contribution in [0.4, 0.5) is 4.39 Å². The number of nitrogens with two attached hydrogens (primary N) is 1. The normalized spacial score (nSPS) is 10.9. The van der Waals surface area contributed by atoms with Crippen LogP contribution in [0.2, 0.25) is 0 Å². The molecule has 0 aliphatic heterocycles. The van der Waals surface area contributed by atoms with Crippen molar-refractivity contribution in [2.24, 2.45) is 5.73 Å². The standard InChI is InChI=1S/C14H19FN4/c1-3-13-17-14(4-2)19(18-13)9-11-6-5-10(8-16)7-12(11)15/h5-7H,3-4,8-9,16H2,1-2H3. The van der Waals surface area contributed by atoms with E-state index in [4.69, 9.17) is 5.73 Å². The van der Waals surface area contributed by atoms with E-state index in [0.717, 1.165) is 30.1 Å². The molecule has 2 aromatic rings. The van der Waals surface area contributed by atoms with Crippen LogP contribution < -0.4 is 5.73 Å². The highest BCUT2D eigenvalue weighted by molar-refractivity contribution is 5.24. The van der Waals surface area contributed by atoms with E-state index in [2.05, 4.69) is 10.1 Å². The second-order valence-electron chi connectivity index (χ2n) is 4.44. The topological polar surface area (TPSA) is 56.7 Å². The molecule has 0 saturated heterocycles. The van der Waals surface area contributed by atoms with Gasteiger partial charge in [0.1, 0.15) is 11.6 Å². The van der Waals surface area contributed by atoms with E-state index in [9.17, 15) is 4.39 Å². The Balaban J connectivity index is 2.27. The Bertz CT molecular complexity index is 563. The molecule has 0 bridgehead atoms. The summed E-state index contributed by atoms with van der Waals surface area (Å²) < 4.78 is 15.7. The van der Waals surface area contributed by atoms with Gasteiger partial charge in [0.15, 0.2) is 5.82 Å². The van der Waals surface area contributed by atoms with Crippen LogP contribution in [0.15, 0.2) is 18.2 Å². The summed E-state index contributed by atoms with van der Waals surface area (Å²) in [5.41, 5.74) is 6.90. The Labute approximate surface area is 112 Å². The van der Waals surface area contributed by atoms with Crippen LogP contribution in [0.5, 0.6) is 0 Å². The first kappa shape index (κ1) is 13.7. The van der Waals surface area contributed by atoms with Crippen molar-refractivity contribution in [3.8, 4) is 0 Å². The molecule has 4 nitrogen and oxygen atoms in total. The number of halogens is 1. The number of rotatable bonds is 5. The summed E-state index contributed by atoms with van der Waals surface area (Å²) >= 11 is 0. The van der Waals surface area contributed by atoms with E-state index >= 15 is 0 Å². The lowest BCUT2D eigenvalue weighted by Crippen LogP contribution is -2.08. The number of hydrogen-bond donors (Lipinski definition) is 1. The maximum absolute atomic E-state index is 13.9. The fourth-order valence-electron chi connectivity index (χ4n) is 1.97. The van der Waals surface area contributed by atoms with Crippen molar-refractivity contribution in [1.82, 2.24) is 14.8 Å². The van der Waals surface area contributed by atoms with Crippen LogP contribution in [0.25, 0.3) is 0 Å². The zero-order valence-corrected chi connectivity index (χ0v) is 11.4. The second kappa shape index (κ2) is 5.93. The van der Waals surface area contributed by atoms with Crippen molar-refractivity contribution in [2.45, 2.75) is 39.8 Å². The molecule has 0 atom stereocenters. The van der Waals surface area contributed by atoms with E-state index in [1.54, 1.807) is 10.7 Å². The fourth-order valence-corrected chi connectivity index (χ4v) is 1.97. The van der Waals surface area contributed by atoms with Gasteiger partial charge >= 0.3 is 0 Å². The van der Waals surface area contributed by atoms with Crippen LogP contribution in [-0.4, -0.2) is 14.8 Å². The molecule has 2 rings (SSSR count). The predicted molar refractivity (Wildman–Crippen MR) is 72.2 cm³/mol. The summed E-state index contributed by atoms with van der Waals surface area (Å²) in [6.45, 7) is 4.79. The van der Waals surface area contributed by atoms with Gasteiger partial charge in [0.25, 0.3) is 0 Å². The van der Waals surface area contributed by atoms with Gasteiger partial charge in [-0.05, 0) is 11.6 Å². The monoisotopic (exact) mass is 262 g/mol. The van der Waals surface area contributed by atoms with Gasteiger partial charge in [-0.3, -0.25) is 0 Å². The predicted octanol–water partition coefficient (Wildman–Crippen LogP) is 2.05. The molecule has 2 N–H and O–H groups in total. The maximum atomic E-state index is 13.9. The van der Waals surface area contributed by atoms with Gasteiger partial charge in [0.05, 0.1) is 6.54 Å². The SMILES string of the molecule is CCc1nc(CC)n(Cc2ccc(CN)cc2F)n1. The number of hydrogen-bond acceptors (Lipinski definition) is 3. The van der Waals surface area contributed by atoms with Crippen LogP contribution in [0, 0.1) is 5.82 Å². The minimum atomic E-state index is -0.237. The van der Waals surface area contributed by atoms with Crippen molar-refractivity contribution < 1.29 is 4.39 Å². The maximum Gasteiger partial charge on any atom is 0.150 e. The second-order valence-corrected chi connectivity index (χ2v) is 4.44. The van der Waals surface area contributed by atoms with Crippen LogP contribution >= 0.6 is 0 Å². The highest BCUT2D eigenvalue weighted by Crippen LogP contribution is 2.13. The molecule has 0 radical (unpaired) electrons. The lowest BCUT2D eigenvalue weighted by atomic mass is 10.1. The minimum Gasteiger partial charge on any atom is -0.326 e. The Kier molecular flexibility index (Phi) is 4.27. The summed E-state index contributed by atoms with van der Waals surface area (Å²) in [5.74, 6) is 1.45.